The Morgan fingerprint density at radius 3 is 2.17 bits per heavy atom. The van der Waals surface area contributed by atoms with E-state index in [1.807, 2.05) is 0 Å². The maximum Gasteiger partial charge on any atom is 0.186 e. The topological polar surface area (TPSA) is 339 Å². The van der Waals surface area contributed by atoms with E-state index in [2.05, 4.69) is 10.3 Å². The van der Waals surface area contributed by atoms with Gasteiger partial charge in [0.2, 0.25) is 0 Å². The summed E-state index contributed by atoms with van der Waals surface area (Å²) < 4.78 is 23.5. The molecule has 18 heteroatoms. The number of aliphatic hydroxyl groups is 6. The first kappa shape index (κ1) is 33.2. The average molecular weight is 583 g/mol. The molecule has 2 heterocycles. The maximum atomic E-state index is 11.5. The summed E-state index contributed by atoms with van der Waals surface area (Å²) in [6.45, 7) is -0.619. The highest BCUT2D eigenvalue weighted by atomic mass is 16.7. The number of nitrogens with zero attached hydrogens (tertiary/aromatic N) is 1. The fourth-order valence-electron chi connectivity index (χ4n) is 5.21. The Labute approximate surface area is 231 Å². The van der Waals surface area contributed by atoms with E-state index in [1.165, 1.54) is 0 Å². The Morgan fingerprint density at radius 2 is 1.57 bits per heavy atom. The minimum Gasteiger partial charge on any atom is -0.394 e. The predicted octanol–water partition coefficient (Wildman–Crippen LogP) is -8.03. The SMILES string of the molecule is NCC(O)CN[C@@H]1C[C@H](N)[C@@H](O[C@H]2O[C@H](CN)[C@@H](O)C[C@H]2N=C(N)N)[C@H](O)[C@H]1O[C@H]1O[C@H](CO)[C@@H](O)[C@H](N)[C@H]1O. The number of hydrogen-bond acceptors (Lipinski definition) is 16. The second kappa shape index (κ2) is 14.7. The summed E-state index contributed by atoms with van der Waals surface area (Å²) >= 11 is 0. The van der Waals surface area contributed by atoms with E-state index in [4.69, 9.17) is 53.3 Å². The van der Waals surface area contributed by atoms with Crippen LogP contribution in [0.15, 0.2) is 4.99 Å². The van der Waals surface area contributed by atoms with Crippen molar-refractivity contribution in [2.45, 2.75) is 105 Å². The zero-order valence-electron chi connectivity index (χ0n) is 22.1. The molecule has 3 aliphatic rings. The third-order valence-electron chi connectivity index (χ3n) is 7.51. The molecule has 234 valence electrons. The molecule has 0 aromatic rings. The van der Waals surface area contributed by atoms with Crippen LogP contribution in [0.4, 0.5) is 0 Å². The van der Waals surface area contributed by atoms with E-state index >= 15 is 0 Å². The lowest BCUT2D eigenvalue weighted by Gasteiger charge is -2.48. The summed E-state index contributed by atoms with van der Waals surface area (Å²) in [5, 5.41) is 65.3. The minimum atomic E-state index is -1.52. The van der Waals surface area contributed by atoms with Gasteiger partial charge in [-0.05, 0) is 6.42 Å². The van der Waals surface area contributed by atoms with Gasteiger partial charge in [0.15, 0.2) is 18.5 Å². The van der Waals surface area contributed by atoms with Crippen LogP contribution >= 0.6 is 0 Å². The molecule has 1 unspecified atom stereocenters. The van der Waals surface area contributed by atoms with Crippen LogP contribution in [0.1, 0.15) is 12.8 Å². The molecule has 19 N–H and O–H groups in total. The van der Waals surface area contributed by atoms with Crippen molar-refractivity contribution < 1.29 is 49.6 Å². The Kier molecular flexibility index (Phi) is 12.2. The summed E-state index contributed by atoms with van der Waals surface area (Å²) in [7, 11) is 0. The van der Waals surface area contributed by atoms with Crippen molar-refractivity contribution in [1.29, 1.82) is 0 Å². The normalized spacial score (nSPS) is 45.1. The summed E-state index contributed by atoms with van der Waals surface area (Å²) in [5.41, 5.74) is 34.7. The molecule has 0 spiro atoms. The first-order chi connectivity index (χ1) is 18.9. The molecular formula is C22H46N8O10. The number of rotatable bonds is 11. The lowest BCUT2D eigenvalue weighted by molar-refractivity contribution is -0.316. The second-order valence-corrected chi connectivity index (χ2v) is 10.5. The number of ether oxygens (including phenoxy) is 4. The van der Waals surface area contributed by atoms with Gasteiger partial charge in [-0.1, -0.05) is 0 Å². The number of nitrogens with two attached hydrogens (primary N) is 6. The van der Waals surface area contributed by atoms with Crippen molar-refractivity contribution in [3.63, 3.8) is 0 Å². The zero-order valence-corrected chi connectivity index (χ0v) is 22.1. The molecule has 3 fully saturated rings. The molecule has 1 aliphatic carbocycles. The molecule has 15 atom stereocenters. The first-order valence-corrected chi connectivity index (χ1v) is 13.3. The summed E-state index contributed by atoms with van der Waals surface area (Å²) in [6.07, 6.45) is -12.9. The van der Waals surface area contributed by atoms with Crippen LogP contribution in [-0.2, 0) is 18.9 Å². The fourth-order valence-corrected chi connectivity index (χ4v) is 5.21. The molecule has 0 aromatic heterocycles. The van der Waals surface area contributed by atoms with Crippen molar-refractivity contribution >= 4 is 5.96 Å². The third kappa shape index (κ3) is 7.73. The summed E-state index contributed by atoms with van der Waals surface area (Å²) in [5.74, 6) is -0.265. The van der Waals surface area contributed by atoms with Crippen LogP contribution in [0, 0.1) is 0 Å². The Balaban J connectivity index is 1.85. The van der Waals surface area contributed by atoms with Crippen LogP contribution in [0.5, 0.6) is 0 Å². The van der Waals surface area contributed by atoms with E-state index in [1.54, 1.807) is 0 Å². The average Bonchev–Trinajstić information content (AvgIpc) is 2.91. The molecule has 18 nitrogen and oxygen atoms in total. The lowest BCUT2D eigenvalue weighted by Crippen LogP contribution is -2.68. The van der Waals surface area contributed by atoms with Crippen molar-refractivity contribution in [2.24, 2.45) is 39.4 Å². The molecule has 0 bridgehead atoms. The van der Waals surface area contributed by atoms with Crippen LogP contribution in [0.2, 0.25) is 0 Å². The molecule has 0 amide bonds. The number of guanidine groups is 1. The van der Waals surface area contributed by atoms with E-state index in [0.717, 1.165) is 0 Å². The smallest absolute Gasteiger partial charge is 0.186 e. The van der Waals surface area contributed by atoms with Gasteiger partial charge in [-0.2, -0.15) is 0 Å². The van der Waals surface area contributed by atoms with E-state index in [0.29, 0.717) is 0 Å². The molecule has 3 rings (SSSR count). The highest BCUT2D eigenvalue weighted by Crippen LogP contribution is 2.32. The standard InChI is InChI=1S/C22H46N8O10/c23-3-7(32)5-29-9-1-8(25)18(39-20-10(30-22(27)28)2-11(33)12(4-24)37-20)17(36)19(9)40-21-16(35)14(26)15(34)13(6-31)38-21/h7-21,29,31-36H,1-6,23-26H2,(H4,27,28,30)/t7?,8-,9+,10+,11-,12+,13+,14-,15+,16+,17-,18+,19-,20+,21+/m0/s1. The highest BCUT2D eigenvalue weighted by Gasteiger charge is 2.51. The Morgan fingerprint density at radius 1 is 0.925 bits per heavy atom. The molecular weight excluding hydrogens is 536 g/mol. The fraction of sp³-hybridized carbons (Fsp3) is 0.955. The van der Waals surface area contributed by atoms with Gasteiger partial charge in [0.1, 0.15) is 42.7 Å². The molecule has 0 aromatic carbocycles. The van der Waals surface area contributed by atoms with Gasteiger partial charge < -0.3 is 89.3 Å². The van der Waals surface area contributed by atoms with Gasteiger partial charge in [0, 0.05) is 38.1 Å². The van der Waals surface area contributed by atoms with E-state index in [-0.39, 0.29) is 38.4 Å². The lowest BCUT2D eigenvalue weighted by atomic mass is 9.83. The van der Waals surface area contributed by atoms with Gasteiger partial charge in [-0.3, -0.25) is 0 Å². The molecule has 2 aliphatic heterocycles. The minimum absolute atomic E-state index is 0.0227. The van der Waals surface area contributed by atoms with Gasteiger partial charge in [0.25, 0.3) is 0 Å². The van der Waals surface area contributed by atoms with E-state index in [9.17, 15) is 30.6 Å². The van der Waals surface area contributed by atoms with Crippen molar-refractivity contribution in [3.8, 4) is 0 Å². The van der Waals surface area contributed by atoms with Gasteiger partial charge >= 0.3 is 0 Å². The molecule has 1 saturated carbocycles. The summed E-state index contributed by atoms with van der Waals surface area (Å²) in [6, 6.07) is -3.56. The summed E-state index contributed by atoms with van der Waals surface area (Å²) in [4.78, 5) is 4.08. The maximum absolute atomic E-state index is 11.5. The first-order valence-electron chi connectivity index (χ1n) is 13.3. The van der Waals surface area contributed by atoms with Crippen LogP contribution in [0.3, 0.4) is 0 Å². The van der Waals surface area contributed by atoms with Gasteiger partial charge in [-0.25, -0.2) is 4.99 Å². The number of aliphatic hydroxyl groups excluding tert-OH is 6. The van der Waals surface area contributed by atoms with Gasteiger partial charge in [0.05, 0.1) is 31.0 Å². The quantitative estimate of drug-likeness (QED) is 0.0793. The van der Waals surface area contributed by atoms with Crippen LogP contribution < -0.4 is 39.7 Å². The zero-order chi connectivity index (χ0) is 29.7. The monoisotopic (exact) mass is 582 g/mol. The predicted molar refractivity (Wildman–Crippen MR) is 139 cm³/mol. The molecule has 2 saturated heterocycles. The molecule has 40 heavy (non-hydrogen) atoms. The third-order valence-corrected chi connectivity index (χ3v) is 7.51. The van der Waals surface area contributed by atoms with Crippen LogP contribution in [-0.4, -0.2) is 155 Å². The van der Waals surface area contributed by atoms with Crippen LogP contribution in [0.25, 0.3) is 0 Å². The van der Waals surface area contributed by atoms with E-state index < -0.39 is 98.3 Å². The Hall–Kier alpha value is -1.33. The highest BCUT2D eigenvalue weighted by molar-refractivity contribution is 5.75. The number of hydrogen-bond donors (Lipinski definition) is 13. The number of aliphatic imine (C=N–C) groups is 1. The largest absolute Gasteiger partial charge is 0.394 e. The van der Waals surface area contributed by atoms with Crippen molar-refractivity contribution in [2.75, 3.05) is 26.2 Å². The second-order valence-electron chi connectivity index (χ2n) is 10.5. The van der Waals surface area contributed by atoms with Gasteiger partial charge in [-0.15, -0.1) is 0 Å². The Bertz CT molecular complexity index is 814. The molecule has 0 radical (unpaired) electrons. The number of nitrogens with one attached hydrogen (secondary N) is 1. The van der Waals surface area contributed by atoms with Crippen molar-refractivity contribution in [3.05, 3.63) is 0 Å². The van der Waals surface area contributed by atoms with Crippen molar-refractivity contribution in [1.82, 2.24) is 5.32 Å².